The number of ether oxygens (including phenoxy) is 1. The van der Waals surface area contributed by atoms with E-state index in [4.69, 9.17) is 4.74 Å². The molecule has 1 amide bonds. The van der Waals surface area contributed by atoms with Gasteiger partial charge in [-0.2, -0.15) is 5.10 Å². The third-order valence-electron chi connectivity index (χ3n) is 4.59. The molecule has 132 valence electrons. The molecule has 1 aromatic heterocycles. The summed E-state index contributed by atoms with van der Waals surface area (Å²) in [7, 11) is 0. The van der Waals surface area contributed by atoms with E-state index in [1.807, 2.05) is 59.6 Å². The molecular formula is C21H21N3O2. The van der Waals surface area contributed by atoms with E-state index in [0.29, 0.717) is 25.3 Å². The fraction of sp³-hybridized carbons (Fsp3) is 0.238. The minimum absolute atomic E-state index is 0.0319. The van der Waals surface area contributed by atoms with Crippen LogP contribution in [0.4, 0.5) is 0 Å². The molecule has 1 saturated heterocycles. The fourth-order valence-corrected chi connectivity index (χ4v) is 3.29. The van der Waals surface area contributed by atoms with Crippen molar-refractivity contribution >= 4 is 5.91 Å². The van der Waals surface area contributed by atoms with Crippen LogP contribution < -0.4 is 0 Å². The molecule has 2 aromatic carbocycles. The van der Waals surface area contributed by atoms with Crippen LogP contribution in [-0.4, -0.2) is 46.4 Å². The second-order valence-electron chi connectivity index (χ2n) is 6.43. The van der Waals surface area contributed by atoms with Gasteiger partial charge in [0.2, 0.25) is 0 Å². The van der Waals surface area contributed by atoms with Crippen molar-refractivity contribution in [1.82, 2.24) is 14.7 Å². The number of amides is 1. The predicted octanol–water partition coefficient (Wildman–Crippen LogP) is 2.96. The van der Waals surface area contributed by atoms with Gasteiger partial charge in [-0.15, -0.1) is 0 Å². The van der Waals surface area contributed by atoms with Crippen LogP contribution in [-0.2, 0) is 11.2 Å². The average molecular weight is 347 g/mol. The van der Waals surface area contributed by atoms with Gasteiger partial charge in [0.05, 0.1) is 18.4 Å². The van der Waals surface area contributed by atoms with Crippen molar-refractivity contribution < 1.29 is 9.53 Å². The van der Waals surface area contributed by atoms with Crippen LogP contribution in [0, 0.1) is 0 Å². The molecule has 26 heavy (non-hydrogen) atoms. The highest BCUT2D eigenvalue weighted by molar-refractivity contribution is 5.94. The predicted molar refractivity (Wildman–Crippen MR) is 99.4 cm³/mol. The largest absolute Gasteiger partial charge is 0.374 e. The van der Waals surface area contributed by atoms with Crippen molar-refractivity contribution in [1.29, 1.82) is 0 Å². The Labute approximate surface area is 152 Å². The SMILES string of the molecule is O=C(c1cccc(-n2cccn2)c1)N1CCO[C@@H](Cc2ccccc2)C1. The van der Waals surface area contributed by atoms with Gasteiger partial charge in [0, 0.05) is 37.5 Å². The standard InChI is InChI=1S/C21H21N3O2/c25-21(18-8-4-9-19(15-18)24-11-5-10-22-24)23-12-13-26-20(16-23)14-17-6-2-1-3-7-17/h1-11,15,20H,12-14,16H2/t20-/m0/s1. The lowest BCUT2D eigenvalue weighted by Gasteiger charge is -2.33. The van der Waals surface area contributed by atoms with E-state index in [1.165, 1.54) is 5.56 Å². The Morgan fingerprint density at radius 1 is 1.12 bits per heavy atom. The van der Waals surface area contributed by atoms with Gasteiger partial charge in [0.25, 0.3) is 5.91 Å². The van der Waals surface area contributed by atoms with E-state index in [2.05, 4.69) is 17.2 Å². The van der Waals surface area contributed by atoms with E-state index < -0.39 is 0 Å². The maximum Gasteiger partial charge on any atom is 0.254 e. The van der Waals surface area contributed by atoms with Crippen LogP contribution in [0.25, 0.3) is 5.69 Å². The van der Waals surface area contributed by atoms with E-state index >= 15 is 0 Å². The minimum Gasteiger partial charge on any atom is -0.374 e. The highest BCUT2D eigenvalue weighted by Gasteiger charge is 2.25. The second kappa shape index (κ2) is 7.54. The maximum atomic E-state index is 13.0. The molecule has 0 spiro atoms. The number of aromatic nitrogens is 2. The van der Waals surface area contributed by atoms with Gasteiger partial charge in [0.1, 0.15) is 0 Å². The summed E-state index contributed by atoms with van der Waals surface area (Å²) in [6.07, 6.45) is 4.45. The van der Waals surface area contributed by atoms with Crippen LogP contribution in [0.3, 0.4) is 0 Å². The van der Waals surface area contributed by atoms with E-state index in [9.17, 15) is 4.79 Å². The first-order valence-electron chi connectivity index (χ1n) is 8.84. The fourth-order valence-electron chi connectivity index (χ4n) is 3.29. The van der Waals surface area contributed by atoms with Crippen LogP contribution in [0.1, 0.15) is 15.9 Å². The summed E-state index contributed by atoms with van der Waals surface area (Å²) < 4.78 is 7.63. The average Bonchev–Trinajstić information content (AvgIpc) is 3.23. The molecule has 0 aliphatic carbocycles. The summed E-state index contributed by atoms with van der Waals surface area (Å²) in [5.74, 6) is 0.0420. The molecule has 1 aliphatic heterocycles. The lowest BCUT2D eigenvalue weighted by atomic mass is 10.1. The van der Waals surface area contributed by atoms with Crippen molar-refractivity contribution in [3.05, 3.63) is 84.2 Å². The molecule has 5 heteroatoms. The second-order valence-corrected chi connectivity index (χ2v) is 6.43. The van der Waals surface area contributed by atoms with Gasteiger partial charge < -0.3 is 9.64 Å². The number of carbonyl (C=O) groups is 1. The van der Waals surface area contributed by atoms with Gasteiger partial charge in [-0.3, -0.25) is 4.79 Å². The Balaban J connectivity index is 1.47. The van der Waals surface area contributed by atoms with Gasteiger partial charge in [-0.25, -0.2) is 4.68 Å². The van der Waals surface area contributed by atoms with Crippen molar-refractivity contribution in [2.45, 2.75) is 12.5 Å². The Hall–Kier alpha value is -2.92. The number of hydrogen-bond donors (Lipinski definition) is 0. The third-order valence-corrected chi connectivity index (χ3v) is 4.59. The van der Waals surface area contributed by atoms with Crippen LogP contribution in [0.5, 0.6) is 0 Å². The summed E-state index contributed by atoms with van der Waals surface area (Å²) in [5.41, 5.74) is 2.79. The summed E-state index contributed by atoms with van der Waals surface area (Å²) in [6, 6.07) is 19.7. The Bertz CT molecular complexity index is 862. The molecule has 0 saturated carbocycles. The maximum absolute atomic E-state index is 13.0. The highest BCUT2D eigenvalue weighted by Crippen LogP contribution is 2.16. The van der Waals surface area contributed by atoms with Gasteiger partial charge in [-0.1, -0.05) is 36.4 Å². The molecule has 1 aliphatic rings. The number of morpholine rings is 1. The van der Waals surface area contributed by atoms with Gasteiger partial charge in [-0.05, 0) is 29.8 Å². The first kappa shape index (κ1) is 16.5. The van der Waals surface area contributed by atoms with Crippen molar-refractivity contribution in [3.63, 3.8) is 0 Å². The molecule has 3 aromatic rings. The molecule has 1 fully saturated rings. The minimum atomic E-state index is 0.0319. The topological polar surface area (TPSA) is 47.4 Å². The molecule has 0 bridgehead atoms. The Morgan fingerprint density at radius 3 is 2.81 bits per heavy atom. The lowest BCUT2D eigenvalue weighted by Crippen LogP contribution is -2.46. The molecule has 2 heterocycles. The first-order chi connectivity index (χ1) is 12.8. The molecule has 4 rings (SSSR count). The smallest absolute Gasteiger partial charge is 0.254 e. The van der Waals surface area contributed by atoms with E-state index in [-0.39, 0.29) is 12.0 Å². The molecule has 5 nitrogen and oxygen atoms in total. The number of hydrogen-bond acceptors (Lipinski definition) is 3. The summed E-state index contributed by atoms with van der Waals surface area (Å²) in [6.45, 7) is 1.80. The van der Waals surface area contributed by atoms with E-state index in [0.717, 1.165) is 12.1 Å². The number of carbonyl (C=O) groups excluding carboxylic acids is 1. The Kier molecular flexibility index (Phi) is 4.80. The first-order valence-corrected chi connectivity index (χ1v) is 8.84. The monoisotopic (exact) mass is 347 g/mol. The van der Waals surface area contributed by atoms with Gasteiger partial charge >= 0.3 is 0 Å². The zero-order chi connectivity index (χ0) is 17.8. The van der Waals surface area contributed by atoms with Crippen molar-refractivity contribution in [2.24, 2.45) is 0 Å². The van der Waals surface area contributed by atoms with Crippen LogP contribution >= 0.6 is 0 Å². The molecule has 0 N–H and O–H groups in total. The van der Waals surface area contributed by atoms with Crippen LogP contribution in [0.2, 0.25) is 0 Å². The number of rotatable bonds is 4. The third kappa shape index (κ3) is 3.68. The van der Waals surface area contributed by atoms with Crippen LogP contribution in [0.15, 0.2) is 73.1 Å². The van der Waals surface area contributed by atoms with Gasteiger partial charge in [0.15, 0.2) is 0 Å². The Morgan fingerprint density at radius 2 is 2.00 bits per heavy atom. The normalized spacial score (nSPS) is 17.2. The lowest BCUT2D eigenvalue weighted by molar-refractivity contribution is -0.0208. The zero-order valence-electron chi connectivity index (χ0n) is 14.5. The zero-order valence-corrected chi connectivity index (χ0v) is 14.5. The molecule has 0 radical (unpaired) electrons. The van der Waals surface area contributed by atoms with Crippen molar-refractivity contribution in [2.75, 3.05) is 19.7 Å². The number of nitrogens with zero attached hydrogens (tertiary/aromatic N) is 3. The number of benzene rings is 2. The molecular weight excluding hydrogens is 326 g/mol. The summed E-state index contributed by atoms with van der Waals surface area (Å²) in [5, 5.41) is 4.23. The summed E-state index contributed by atoms with van der Waals surface area (Å²) >= 11 is 0. The highest BCUT2D eigenvalue weighted by atomic mass is 16.5. The molecule has 1 atom stereocenters. The van der Waals surface area contributed by atoms with Crippen molar-refractivity contribution in [3.8, 4) is 5.69 Å². The summed E-state index contributed by atoms with van der Waals surface area (Å²) in [4.78, 5) is 14.8. The quantitative estimate of drug-likeness (QED) is 0.729. The van der Waals surface area contributed by atoms with E-state index in [1.54, 1.807) is 10.9 Å². The molecule has 0 unspecified atom stereocenters.